The Balaban J connectivity index is 1.48. The predicted octanol–water partition coefficient (Wildman–Crippen LogP) is 3.30. The molecular weight excluding hydrogens is 416 g/mol. The molecule has 4 rings (SSSR count). The number of nitrogens with zero attached hydrogens (tertiary/aromatic N) is 4. The van der Waals surface area contributed by atoms with Crippen LogP contribution in [0.15, 0.2) is 54.7 Å². The fourth-order valence-corrected chi connectivity index (χ4v) is 4.54. The van der Waals surface area contributed by atoms with Gasteiger partial charge < -0.3 is 16.2 Å². The number of rotatable bonds is 7. The summed E-state index contributed by atoms with van der Waals surface area (Å²) in [5, 5.41) is 27.5. The lowest BCUT2D eigenvalue weighted by Crippen LogP contribution is -2.46. The number of anilines is 1. The van der Waals surface area contributed by atoms with E-state index in [1.54, 1.807) is 17.9 Å². The number of hydrogen-bond donors (Lipinski definition) is 3. The lowest BCUT2D eigenvalue weighted by Gasteiger charge is -2.40. The van der Waals surface area contributed by atoms with E-state index >= 15 is 0 Å². The number of primary amides is 1. The lowest BCUT2D eigenvalue weighted by molar-refractivity contribution is 0.0967. The molecule has 0 atom stereocenters. The van der Waals surface area contributed by atoms with Crippen molar-refractivity contribution in [1.82, 2.24) is 14.7 Å². The molecule has 0 aliphatic carbocycles. The van der Waals surface area contributed by atoms with Gasteiger partial charge in [0.15, 0.2) is 5.82 Å². The molecule has 1 saturated heterocycles. The third-order valence-corrected chi connectivity index (χ3v) is 6.45. The molecular formula is C25H28N6O2. The summed E-state index contributed by atoms with van der Waals surface area (Å²) >= 11 is 0. The van der Waals surface area contributed by atoms with E-state index in [1.807, 2.05) is 48.5 Å². The molecule has 1 aromatic heterocycles. The minimum Gasteiger partial charge on any atom is -0.507 e. The second-order valence-corrected chi connectivity index (χ2v) is 8.50. The molecule has 0 spiro atoms. The van der Waals surface area contributed by atoms with Gasteiger partial charge in [-0.25, -0.2) is 0 Å². The van der Waals surface area contributed by atoms with Gasteiger partial charge in [-0.2, -0.15) is 10.4 Å². The maximum atomic E-state index is 11.8. The first-order valence-electron chi connectivity index (χ1n) is 11.0. The Bertz CT molecular complexity index is 1170. The number of carbonyl (C=O) groups is 1. The van der Waals surface area contributed by atoms with Gasteiger partial charge in [-0.1, -0.05) is 42.5 Å². The number of phenols is 1. The highest BCUT2D eigenvalue weighted by molar-refractivity contribution is 5.97. The molecule has 1 aliphatic rings. The maximum Gasteiger partial charge on any atom is 0.254 e. The van der Waals surface area contributed by atoms with Crippen LogP contribution in [0.2, 0.25) is 0 Å². The number of likely N-dealkylation sites (tertiary alicyclic amines) is 1. The van der Waals surface area contributed by atoms with E-state index in [0.717, 1.165) is 42.6 Å². The van der Waals surface area contributed by atoms with Crippen molar-refractivity contribution in [3.05, 3.63) is 65.9 Å². The van der Waals surface area contributed by atoms with E-state index in [9.17, 15) is 15.2 Å². The molecule has 33 heavy (non-hydrogen) atoms. The normalized spacial score (nSPS) is 15.6. The summed E-state index contributed by atoms with van der Waals surface area (Å²) in [6.07, 6.45) is 3.40. The number of nitrogens with two attached hydrogens (primary N) is 1. The number of aromatic nitrogens is 2. The molecule has 1 amide bonds. The highest BCUT2D eigenvalue weighted by Crippen LogP contribution is 2.36. The second kappa shape index (κ2) is 9.35. The van der Waals surface area contributed by atoms with Gasteiger partial charge in [0.1, 0.15) is 11.3 Å². The summed E-state index contributed by atoms with van der Waals surface area (Å²) in [4.78, 5) is 14.1. The minimum absolute atomic E-state index is 0.268. The SMILES string of the molecule is CNc1nn(C2(CC#N)CCN(Cc3ccc(-c4ccccc4)c(O)c3)CC2)cc1C(N)=O. The van der Waals surface area contributed by atoms with E-state index in [4.69, 9.17) is 5.73 Å². The van der Waals surface area contributed by atoms with E-state index < -0.39 is 11.4 Å². The number of phenolic OH excluding ortho intramolecular Hbond substituents is 1. The van der Waals surface area contributed by atoms with E-state index in [0.29, 0.717) is 24.3 Å². The van der Waals surface area contributed by atoms with Gasteiger partial charge in [-0.15, -0.1) is 0 Å². The van der Waals surface area contributed by atoms with Crippen LogP contribution in [0.1, 0.15) is 35.2 Å². The van der Waals surface area contributed by atoms with E-state index in [2.05, 4.69) is 21.4 Å². The summed E-state index contributed by atoms with van der Waals surface area (Å²) in [6, 6.07) is 17.9. The molecule has 0 radical (unpaired) electrons. The third-order valence-electron chi connectivity index (χ3n) is 6.45. The van der Waals surface area contributed by atoms with Crippen LogP contribution in [0.25, 0.3) is 11.1 Å². The third kappa shape index (κ3) is 4.54. The summed E-state index contributed by atoms with van der Waals surface area (Å²) in [5.41, 5.74) is 8.17. The van der Waals surface area contributed by atoms with Gasteiger partial charge >= 0.3 is 0 Å². The number of hydrogen-bond acceptors (Lipinski definition) is 6. The number of benzene rings is 2. The van der Waals surface area contributed by atoms with Gasteiger partial charge in [0.05, 0.1) is 18.0 Å². The number of piperidine rings is 1. The standard InChI is InChI=1S/C25H28N6O2/c1-28-24-21(23(27)33)17-31(29-24)25(9-12-26)10-13-30(14-11-25)16-18-7-8-20(22(32)15-18)19-5-3-2-4-6-19/h2-8,15,17,32H,9-11,13-14,16H2,1H3,(H2,27,33)(H,28,29). The first-order chi connectivity index (χ1) is 16.0. The summed E-state index contributed by atoms with van der Waals surface area (Å²) in [5.74, 6) is 0.148. The van der Waals surface area contributed by atoms with Gasteiger partial charge in [0.25, 0.3) is 5.91 Å². The monoisotopic (exact) mass is 444 g/mol. The van der Waals surface area contributed by atoms with Crippen LogP contribution in [0.4, 0.5) is 5.82 Å². The molecule has 0 bridgehead atoms. The zero-order chi connectivity index (χ0) is 23.4. The molecule has 170 valence electrons. The first kappa shape index (κ1) is 22.4. The Labute approximate surface area is 193 Å². The lowest BCUT2D eigenvalue weighted by atomic mass is 9.84. The van der Waals surface area contributed by atoms with Crippen molar-refractivity contribution in [2.24, 2.45) is 5.73 Å². The number of carbonyl (C=O) groups excluding carboxylic acids is 1. The van der Waals surface area contributed by atoms with Gasteiger partial charge in [-0.3, -0.25) is 14.4 Å². The average Bonchev–Trinajstić information content (AvgIpc) is 3.27. The largest absolute Gasteiger partial charge is 0.507 e. The van der Waals surface area contributed by atoms with Crippen molar-refractivity contribution < 1.29 is 9.90 Å². The fraction of sp³-hybridized carbons (Fsp3) is 0.320. The predicted molar refractivity (Wildman–Crippen MR) is 127 cm³/mol. The molecule has 8 heteroatoms. The molecule has 2 aromatic carbocycles. The Morgan fingerprint density at radius 2 is 1.97 bits per heavy atom. The van der Waals surface area contributed by atoms with Crippen molar-refractivity contribution in [1.29, 1.82) is 5.26 Å². The topological polar surface area (TPSA) is 120 Å². The molecule has 2 heterocycles. The Hall–Kier alpha value is -3.83. The van der Waals surface area contributed by atoms with Crippen molar-refractivity contribution >= 4 is 11.7 Å². The molecule has 1 fully saturated rings. The molecule has 1 aliphatic heterocycles. The highest BCUT2D eigenvalue weighted by atomic mass is 16.3. The maximum absolute atomic E-state index is 11.8. The van der Waals surface area contributed by atoms with Crippen LogP contribution in [0, 0.1) is 11.3 Å². The van der Waals surface area contributed by atoms with Crippen molar-refractivity contribution in [2.75, 3.05) is 25.5 Å². The smallest absolute Gasteiger partial charge is 0.254 e. The summed E-state index contributed by atoms with van der Waals surface area (Å²) in [7, 11) is 1.69. The number of nitrogens with one attached hydrogen (secondary N) is 1. The van der Waals surface area contributed by atoms with Crippen molar-refractivity contribution in [3.63, 3.8) is 0 Å². The fourth-order valence-electron chi connectivity index (χ4n) is 4.54. The van der Waals surface area contributed by atoms with Crippen LogP contribution in [0.5, 0.6) is 5.75 Å². The van der Waals surface area contributed by atoms with Crippen LogP contribution in [0.3, 0.4) is 0 Å². The first-order valence-corrected chi connectivity index (χ1v) is 11.0. The van der Waals surface area contributed by atoms with Crippen LogP contribution in [-0.4, -0.2) is 45.8 Å². The van der Waals surface area contributed by atoms with E-state index in [1.165, 1.54) is 0 Å². The van der Waals surface area contributed by atoms with E-state index in [-0.39, 0.29) is 5.75 Å². The van der Waals surface area contributed by atoms with Gasteiger partial charge in [-0.05, 0) is 30.0 Å². The number of amides is 1. The van der Waals surface area contributed by atoms with Crippen LogP contribution in [-0.2, 0) is 12.1 Å². The second-order valence-electron chi connectivity index (χ2n) is 8.50. The quantitative estimate of drug-likeness (QED) is 0.514. The molecule has 0 unspecified atom stereocenters. The summed E-state index contributed by atoms with van der Waals surface area (Å²) < 4.78 is 1.75. The molecule has 4 N–H and O–H groups in total. The highest BCUT2D eigenvalue weighted by Gasteiger charge is 2.38. The minimum atomic E-state index is -0.547. The summed E-state index contributed by atoms with van der Waals surface area (Å²) in [6.45, 7) is 2.24. The Morgan fingerprint density at radius 3 is 2.55 bits per heavy atom. The van der Waals surface area contributed by atoms with Gasteiger partial charge in [0, 0.05) is 38.4 Å². The Kier molecular flexibility index (Phi) is 6.33. The zero-order valence-electron chi connectivity index (χ0n) is 18.7. The van der Waals surface area contributed by atoms with Crippen molar-refractivity contribution in [2.45, 2.75) is 31.3 Å². The Morgan fingerprint density at radius 1 is 1.24 bits per heavy atom. The zero-order valence-corrected chi connectivity index (χ0v) is 18.7. The van der Waals surface area contributed by atoms with Crippen LogP contribution < -0.4 is 11.1 Å². The molecule has 3 aromatic rings. The van der Waals surface area contributed by atoms with Gasteiger partial charge in [0.2, 0.25) is 0 Å². The van der Waals surface area contributed by atoms with Crippen molar-refractivity contribution in [3.8, 4) is 22.9 Å². The molecule has 0 saturated carbocycles. The molecule has 8 nitrogen and oxygen atoms in total. The average molecular weight is 445 g/mol. The van der Waals surface area contributed by atoms with Crippen LogP contribution >= 0.6 is 0 Å². The number of nitriles is 1. The number of aromatic hydroxyl groups is 1.